The molecule has 3 nitrogen and oxygen atoms in total. The predicted octanol–water partition coefficient (Wildman–Crippen LogP) is 4.37. The molecule has 6 heteroatoms. The second-order valence-corrected chi connectivity index (χ2v) is 5.86. The van der Waals surface area contributed by atoms with E-state index < -0.39 is 0 Å². The number of halogens is 3. The van der Waals surface area contributed by atoms with E-state index in [1.807, 2.05) is 18.0 Å². The van der Waals surface area contributed by atoms with E-state index in [0.717, 1.165) is 15.9 Å². The van der Waals surface area contributed by atoms with Gasteiger partial charge in [0.2, 0.25) is 0 Å². The standard InChI is InChI=1S/C13H12BrCl2N3/c1-19(13-11(14)5-9(15)6-18-13)7-8-4-10(17)2-3-12(8)16/h2-6H,7,17H2,1H3. The molecule has 0 amide bonds. The number of anilines is 2. The van der Waals surface area contributed by atoms with Crippen LogP contribution < -0.4 is 10.6 Å². The fraction of sp³-hybridized carbons (Fsp3) is 0.154. The molecular weight excluding hydrogens is 349 g/mol. The molecule has 19 heavy (non-hydrogen) atoms. The Bertz CT molecular complexity index is 604. The Balaban J connectivity index is 2.25. The van der Waals surface area contributed by atoms with Crippen molar-refractivity contribution in [1.82, 2.24) is 4.98 Å². The lowest BCUT2D eigenvalue weighted by atomic mass is 10.2. The minimum atomic E-state index is 0.589. The molecule has 2 rings (SSSR count). The van der Waals surface area contributed by atoms with Crippen LogP contribution in [0.4, 0.5) is 11.5 Å². The van der Waals surface area contributed by atoms with Crippen molar-refractivity contribution in [3.8, 4) is 0 Å². The minimum absolute atomic E-state index is 0.589. The maximum absolute atomic E-state index is 6.16. The summed E-state index contributed by atoms with van der Waals surface area (Å²) >= 11 is 15.5. The summed E-state index contributed by atoms with van der Waals surface area (Å²) in [5.41, 5.74) is 7.41. The fourth-order valence-electron chi connectivity index (χ4n) is 1.73. The Morgan fingerprint density at radius 2 is 2.05 bits per heavy atom. The van der Waals surface area contributed by atoms with Crippen molar-refractivity contribution in [3.05, 3.63) is 50.5 Å². The summed E-state index contributed by atoms with van der Waals surface area (Å²) in [4.78, 5) is 6.27. The first kappa shape index (κ1) is 14.4. The number of pyridine rings is 1. The first-order valence-corrected chi connectivity index (χ1v) is 7.08. The molecule has 1 heterocycles. The van der Waals surface area contributed by atoms with E-state index in [-0.39, 0.29) is 0 Å². The number of nitrogen functional groups attached to an aromatic ring is 1. The lowest BCUT2D eigenvalue weighted by Gasteiger charge is -2.20. The smallest absolute Gasteiger partial charge is 0.143 e. The van der Waals surface area contributed by atoms with Crippen molar-refractivity contribution < 1.29 is 0 Å². The lowest BCUT2D eigenvalue weighted by molar-refractivity contribution is 0.894. The highest BCUT2D eigenvalue weighted by atomic mass is 79.9. The van der Waals surface area contributed by atoms with Crippen molar-refractivity contribution in [3.63, 3.8) is 0 Å². The molecule has 0 aliphatic heterocycles. The Morgan fingerprint density at radius 1 is 1.32 bits per heavy atom. The summed E-state index contributed by atoms with van der Waals surface area (Å²) in [6, 6.07) is 7.25. The van der Waals surface area contributed by atoms with Crippen LogP contribution in [0.3, 0.4) is 0 Å². The van der Waals surface area contributed by atoms with Crippen LogP contribution in [0.2, 0.25) is 10.0 Å². The summed E-state index contributed by atoms with van der Waals surface area (Å²) in [6.45, 7) is 0.608. The number of nitrogens with zero attached hydrogens (tertiary/aromatic N) is 2. The van der Waals surface area contributed by atoms with Gasteiger partial charge in [-0.15, -0.1) is 0 Å². The van der Waals surface area contributed by atoms with Gasteiger partial charge in [0.15, 0.2) is 0 Å². The zero-order valence-corrected chi connectivity index (χ0v) is 13.3. The van der Waals surface area contributed by atoms with Crippen LogP contribution in [0.15, 0.2) is 34.9 Å². The largest absolute Gasteiger partial charge is 0.399 e. The normalized spacial score (nSPS) is 10.5. The highest BCUT2D eigenvalue weighted by Gasteiger charge is 2.10. The molecule has 0 unspecified atom stereocenters. The average Bonchev–Trinajstić information content (AvgIpc) is 2.33. The highest BCUT2D eigenvalue weighted by Crippen LogP contribution is 2.28. The molecule has 2 N–H and O–H groups in total. The van der Waals surface area contributed by atoms with Crippen molar-refractivity contribution in [2.45, 2.75) is 6.54 Å². The monoisotopic (exact) mass is 359 g/mol. The molecular formula is C13H12BrCl2N3. The van der Waals surface area contributed by atoms with Crippen molar-refractivity contribution in [2.75, 3.05) is 17.7 Å². The second-order valence-electron chi connectivity index (χ2n) is 4.17. The summed E-state index contributed by atoms with van der Waals surface area (Å²) in [5, 5.41) is 1.28. The Morgan fingerprint density at radius 3 is 2.74 bits per heavy atom. The molecule has 0 atom stereocenters. The molecule has 100 valence electrons. The average molecular weight is 361 g/mol. The van der Waals surface area contributed by atoms with Crippen molar-refractivity contribution >= 4 is 50.6 Å². The molecule has 0 spiro atoms. The number of benzene rings is 1. The van der Waals surface area contributed by atoms with E-state index in [9.17, 15) is 0 Å². The summed E-state index contributed by atoms with van der Waals surface area (Å²) in [7, 11) is 1.93. The van der Waals surface area contributed by atoms with Gasteiger partial charge < -0.3 is 10.6 Å². The SMILES string of the molecule is CN(Cc1cc(N)ccc1Cl)c1ncc(Cl)cc1Br. The molecule has 0 fully saturated rings. The van der Waals surface area contributed by atoms with E-state index in [1.54, 1.807) is 24.4 Å². The van der Waals surface area contributed by atoms with Crippen LogP contribution in [0, 0.1) is 0 Å². The van der Waals surface area contributed by atoms with Gasteiger partial charge in [0.05, 0.1) is 9.50 Å². The number of hydrogen-bond acceptors (Lipinski definition) is 3. The van der Waals surface area contributed by atoms with Gasteiger partial charge in [0.1, 0.15) is 5.82 Å². The third-order valence-electron chi connectivity index (χ3n) is 2.63. The second kappa shape index (κ2) is 5.99. The maximum atomic E-state index is 6.16. The zero-order chi connectivity index (χ0) is 14.0. The van der Waals surface area contributed by atoms with Gasteiger partial charge in [-0.05, 0) is 45.8 Å². The molecule has 0 saturated heterocycles. The van der Waals surface area contributed by atoms with Crippen LogP contribution in [-0.4, -0.2) is 12.0 Å². The number of rotatable bonds is 3. The van der Waals surface area contributed by atoms with Gasteiger partial charge in [-0.1, -0.05) is 23.2 Å². The maximum Gasteiger partial charge on any atom is 0.143 e. The highest BCUT2D eigenvalue weighted by molar-refractivity contribution is 9.10. The minimum Gasteiger partial charge on any atom is -0.399 e. The molecule has 0 aliphatic rings. The predicted molar refractivity (Wildman–Crippen MR) is 84.9 cm³/mol. The number of hydrogen-bond donors (Lipinski definition) is 1. The van der Waals surface area contributed by atoms with E-state index in [4.69, 9.17) is 28.9 Å². The van der Waals surface area contributed by atoms with Crippen molar-refractivity contribution in [1.29, 1.82) is 0 Å². The van der Waals surface area contributed by atoms with Crippen LogP contribution in [0.25, 0.3) is 0 Å². The van der Waals surface area contributed by atoms with Crippen molar-refractivity contribution in [2.24, 2.45) is 0 Å². The molecule has 0 saturated carbocycles. The van der Waals surface area contributed by atoms with Gasteiger partial charge in [-0.3, -0.25) is 0 Å². The van der Waals surface area contributed by atoms with Gasteiger partial charge in [-0.25, -0.2) is 4.98 Å². The van der Waals surface area contributed by atoms with E-state index in [0.29, 0.717) is 22.3 Å². The Labute approximate surface area is 130 Å². The van der Waals surface area contributed by atoms with Gasteiger partial charge in [0, 0.05) is 30.5 Å². The van der Waals surface area contributed by atoms with E-state index >= 15 is 0 Å². The Kier molecular flexibility index (Phi) is 4.55. The van der Waals surface area contributed by atoms with E-state index in [2.05, 4.69) is 20.9 Å². The topological polar surface area (TPSA) is 42.1 Å². The first-order chi connectivity index (χ1) is 8.97. The molecule has 0 aliphatic carbocycles. The summed E-state index contributed by atoms with van der Waals surface area (Å²) in [5.74, 6) is 0.794. The van der Waals surface area contributed by atoms with Gasteiger partial charge >= 0.3 is 0 Å². The Hall–Kier alpha value is -0.970. The van der Waals surface area contributed by atoms with Crippen LogP contribution >= 0.6 is 39.1 Å². The molecule has 1 aromatic carbocycles. The van der Waals surface area contributed by atoms with Crippen LogP contribution in [0.5, 0.6) is 0 Å². The zero-order valence-electron chi connectivity index (χ0n) is 10.2. The van der Waals surface area contributed by atoms with Crippen LogP contribution in [-0.2, 0) is 6.54 Å². The first-order valence-electron chi connectivity index (χ1n) is 5.53. The quantitative estimate of drug-likeness (QED) is 0.826. The third-order valence-corrected chi connectivity index (χ3v) is 3.79. The van der Waals surface area contributed by atoms with Gasteiger partial charge in [0.25, 0.3) is 0 Å². The van der Waals surface area contributed by atoms with E-state index in [1.165, 1.54) is 0 Å². The fourth-order valence-corrected chi connectivity index (χ4v) is 2.85. The van der Waals surface area contributed by atoms with Crippen LogP contribution in [0.1, 0.15) is 5.56 Å². The molecule has 0 radical (unpaired) electrons. The summed E-state index contributed by atoms with van der Waals surface area (Å²) in [6.07, 6.45) is 1.61. The number of aromatic nitrogens is 1. The molecule has 2 aromatic rings. The van der Waals surface area contributed by atoms with Gasteiger partial charge in [-0.2, -0.15) is 0 Å². The molecule has 0 bridgehead atoms. The number of nitrogens with two attached hydrogens (primary N) is 1. The third kappa shape index (κ3) is 3.53. The lowest BCUT2D eigenvalue weighted by Crippen LogP contribution is -2.18. The summed E-state index contributed by atoms with van der Waals surface area (Å²) < 4.78 is 0.836. The molecule has 1 aromatic heterocycles.